The van der Waals surface area contributed by atoms with Crippen molar-refractivity contribution in [3.8, 4) is 0 Å². The molecule has 290 valence electrons. The van der Waals surface area contributed by atoms with Crippen LogP contribution in [0.2, 0.25) is 0 Å². The number of esters is 2. The highest BCUT2D eigenvalue weighted by molar-refractivity contribution is 6.25. The normalized spacial score (nSPS) is 15.8. The highest BCUT2D eigenvalue weighted by atomic mass is 16.5. The van der Waals surface area contributed by atoms with Crippen LogP contribution in [0.25, 0.3) is 33.2 Å². The van der Waals surface area contributed by atoms with Gasteiger partial charge in [0.2, 0.25) is 5.91 Å². The van der Waals surface area contributed by atoms with Gasteiger partial charge in [-0.25, -0.2) is 9.78 Å². The second kappa shape index (κ2) is 16.3. The molecule has 3 aromatic rings. The number of rotatable bonds is 12. The molecule has 54 heavy (non-hydrogen) atoms. The minimum absolute atomic E-state index is 0.0582. The number of aromatic nitrogens is 4. The number of methoxy groups -OCH3 is 2. The summed E-state index contributed by atoms with van der Waals surface area (Å²) < 4.78 is 11.4. The molecule has 3 aromatic heterocycles. The molecule has 0 aromatic carbocycles. The van der Waals surface area contributed by atoms with Gasteiger partial charge >= 0.3 is 11.9 Å². The zero-order valence-corrected chi connectivity index (χ0v) is 34.4. The molecule has 5 rings (SSSR count). The van der Waals surface area contributed by atoms with Gasteiger partial charge in [-0.05, 0) is 86.1 Å². The molecule has 2 N–H and O–H groups in total. The molecule has 2 aliphatic rings. The lowest BCUT2D eigenvalue weighted by molar-refractivity contribution is -0.870. The van der Waals surface area contributed by atoms with Crippen LogP contribution in [0, 0.1) is 13.8 Å². The monoisotopic (exact) mass is 739 g/mol. The summed E-state index contributed by atoms with van der Waals surface area (Å²) in [4.78, 5) is 60.0. The van der Waals surface area contributed by atoms with E-state index in [9.17, 15) is 14.4 Å². The van der Waals surface area contributed by atoms with Gasteiger partial charge < -0.3 is 28.8 Å². The van der Waals surface area contributed by atoms with E-state index in [1.54, 1.807) is 0 Å². The number of H-pyrrole nitrogens is 2. The van der Waals surface area contributed by atoms with Crippen LogP contribution in [-0.4, -0.2) is 103 Å². The fraction of sp³-hybridized carbons (Fsp3) is 0.512. The zero-order valence-electron chi connectivity index (χ0n) is 34.4. The van der Waals surface area contributed by atoms with Crippen LogP contribution in [0.5, 0.6) is 0 Å². The van der Waals surface area contributed by atoms with E-state index < -0.39 is 11.9 Å². The lowest BCUT2D eigenvalue weighted by Crippen LogP contribution is -2.38. The molecule has 0 spiro atoms. The Morgan fingerprint density at radius 2 is 1.46 bits per heavy atom. The quantitative estimate of drug-likeness (QED) is 0.150. The Hall–Kier alpha value is -4.77. The van der Waals surface area contributed by atoms with Crippen LogP contribution < -0.4 is 0 Å². The highest BCUT2D eigenvalue weighted by Gasteiger charge is 2.36. The van der Waals surface area contributed by atoms with E-state index in [4.69, 9.17) is 19.4 Å². The molecule has 0 saturated carbocycles. The van der Waals surface area contributed by atoms with E-state index in [1.807, 2.05) is 24.9 Å². The summed E-state index contributed by atoms with van der Waals surface area (Å²) in [7, 11) is 11.0. The minimum atomic E-state index is -0.548. The zero-order chi connectivity index (χ0) is 39.6. The predicted octanol–water partition coefficient (Wildman–Crippen LogP) is 7.10. The number of hydrogen-bond acceptors (Lipinski definition) is 7. The second-order valence-electron chi connectivity index (χ2n) is 15.9. The van der Waals surface area contributed by atoms with Crippen molar-refractivity contribution in [1.82, 2.24) is 24.8 Å². The van der Waals surface area contributed by atoms with Crippen LogP contribution in [0.4, 0.5) is 0 Å². The first kappa shape index (κ1) is 40.4. The Bertz CT molecular complexity index is 2150. The Balaban J connectivity index is 1.83. The summed E-state index contributed by atoms with van der Waals surface area (Å²) in [6.45, 7) is 14.2. The SMILES string of the molecule is CCc1c(C)c2cc3[nH]c(cc4nc(c(CC(=O)OC)c5nc(cc1[nH]2)C(C)=C5C(=O)OC)[C@@H](CCC(=O)N(C)CCC[N+](C)(C)C)[C@@H]4C)c(C)c3CC. The topological polar surface area (TPSA) is 130 Å². The van der Waals surface area contributed by atoms with Gasteiger partial charge in [-0.2, -0.15) is 0 Å². The van der Waals surface area contributed by atoms with Gasteiger partial charge in [-0.1, -0.05) is 20.8 Å². The van der Waals surface area contributed by atoms with Crippen molar-refractivity contribution in [1.29, 1.82) is 0 Å². The average molecular weight is 740 g/mol. The number of nitrogens with zero attached hydrogens (tertiary/aromatic N) is 4. The maximum Gasteiger partial charge on any atom is 0.340 e. The molecule has 2 atom stereocenters. The molecule has 11 heteroatoms. The second-order valence-corrected chi connectivity index (χ2v) is 15.9. The van der Waals surface area contributed by atoms with Gasteiger partial charge in [0.15, 0.2) is 0 Å². The summed E-state index contributed by atoms with van der Waals surface area (Å²) in [5.74, 6) is -1.32. The largest absolute Gasteiger partial charge is 0.469 e. The summed E-state index contributed by atoms with van der Waals surface area (Å²) in [5, 5.41) is 0. The van der Waals surface area contributed by atoms with Crippen molar-refractivity contribution < 1.29 is 28.3 Å². The molecule has 8 bridgehead atoms. The van der Waals surface area contributed by atoms with Crippen molar-refractivity contribution in [2.45, 2.75) is 91.9 Å². The van der Waals surface area contributed by atoms with Crippen LogP contribution in [0.1, 0.15) is 109 Å². The molecule has 0 aliphatic carbocycles. The fourth-order valence-electron chi connectivity index (χ4n) is 8.01. The summed E-state index contributed by atoms with van der Waals surface area (Å²) in [5.41, 5.74) is 12.4. The van der Waals surface area contributed by atoms with Crippen molar-refractivity contribution in [2.75, 3.05) is 55.5 Å². The third kappa shape index (κ3) is 8.16. The lowest BCUT2D eigenvalue weighted by Gasteiger charge is -2.26. The smallest absolute Gasteiger partial charge is 0.340 e. The molecule has 2 aliphatic heterocycles. The molecule has 11 nitrogen and oxygen atoms in total. The first-order chi connectivity index (χ1) is 25.5. The number of carbonyl (C=O) groups excluding carboxylic acids is 3. The van der Waals surface area contributed by atoms with Gasteiger partial charge in [0.05, 0.1) is 71.0 Å². The van der Waals surface area contributed by atoms with E-state index in [2.05, 4.69) is 77.9 Å². The first-order valence-electron chi connectivity index (χ1n) is 19.2. The number of hydrogen-bond donors (Lipinski definition) is 2. The van der Waals surface area contributed by atoms with Gasteiger partial charge in [0.25, 0.3) is 0 Å². The number of aromatic amines is 2. The number of fused-ring (bicyclic) bond motifs is 8. The van der Waals surface area contributed by atoms with E-state index >= 15 is 0 Å². The number of aryl methyl sites for hydroxylation is 4. The summed E-state index contributed by atoms with van der Waals surface area (Å²) in [6.07, 6.45) is 3.19. The molecule has 5 heterocycles. The Labute approximate surface area is 319 Å². The Morgan fingerprint density at radius 1 is 0.852 bits per heavy atom. The van der Waals surface area contributed by atoms with E-state index in [-0.39, 0.29) is 29.7 Å². The maximum atomic E-state index is 13.6. The standard InChI is InChI=1S/C43H58N6O5/c1-13-28-24(3)32-21-34-26(5)30(16-17-38(50)48(7)18-15-19-49(8,9)10)41(46-34)31(20-39(51)53-11)42-40(43(52)54-12)27(6)35(47-42)23-37-29(14-2)25(4)33(45-37)22-36(28)44-32/h21-23,26,30H,13-20H2,1-12H3,(H-,44,45,46,47,52)/p+1/t26-,30-/m0/s1. The molecule has 0 radical (unpaired) electrons. The fourth-order valence-corrected chi connectivity index (χ4v) is 8.01. The minimum Gasteiger partial charge on any atom is -0.469 e. The van der Waals surface area contributed by atoms with Crippen molar-refractivity contribution in [3.05, 3.63) is 68.8 Å². The molecule has 0 fully saturated rings. The van der Waals surface area contributed by atoms with Crippen molar-refractivity contribution >= 4 is 51.1 Å². The van der Waals surface area contributed by atoms with Crippen molar-refractivity contribution in [2.24, 2.45) is 0 Å². The van der Waals surface area contributed by atoms with Gasteiger partial charge in [-0.15, -0.1) is 0 Å². The van der Waals surface area contributed by atoms with Gasteiger partial charge in [0.1, 0.15) is 0 Å². The maximum absolute atomic E-state index is 13.6. The van der Waals surface area contributed by atoms with Crippen molar-refractivity contribution in [3.63, 3.8) is 0 Å². The highest BCUT2D eigenvalue weighted by Crippen LogP contribution is 2.44. The van der Waals surface area contributed by atoms with E-state index in [0.717, 1.165) is 74.7 Å². The van der Waals surface area contributed by atoms with Crippen LogP contribution >= 0.6 is 0 Å². The number of amides is 1. The third-order valence-corrected chi connectivity index (χ3v) is 11.3. The Kier molecular flexibility index (Phi) is 12.2. The predicted molar refractivity (Wildman–Crippen MR) is 215 cm³/mol. The number of quaternary nitrogens is 1. The number of nitrogens with one attached hydrogen (secondary N) is 2. The first-order valence-corrected chi connectivity index (χ1v) is 19.2. The number of ether oxygens (including phenoxy) is 2. The molecule has 0 saturated heterocycles. The van der Waals surface area contributed by atoms with E-state index in [1.165, 1.54) is 19.8 Å². The molecule has 0 unspecified atom stereocenters. The molecular weight excluding hydrogens is 681 g/mol. The van der Waals surface area contributed by atoms with Crippen LogP contribution in [0.3, 0.4) is 0 Å². The Morgan fingerprint density at radius 3 is 2.04 bits per heavy atom. The lowest BCUT2D eigenvalue weighted by atomic mass is 9.84. The summed E-state index contributed by atoms with van der Waals surface area (Å²) in [6, 6.07) is 6.27. The van der Waals surface area contributed by atoms with Gasteiger partial charge in [0, 0.05) is 71.6 Å². The molecular formula is C43H59N6O5+. The van der Waals surface area contributed by atoms with Crippen LogP contribution in [0.15, 0.2) is 18.2 Å². The molecule has 1 amide bonds. The van der Waals surface area contributed by atoms with Gasteiger partial charge in [-0.3, -0.25) is 14.6 Å². The third-order valence-electron chi connectivity index (χ3n) is 11.3. The number of carbonyl (C=O) groups is 3. The average Bonchev–Trinajstić information content (AvgIpc) is 3.81. The van der Waals surface area contributed by atoms with Crippen LogP contribution in [-0.2, 0) is 43.1 Å². The van der Waals surface area contributed by atoms with E-state index in [0.29, 0.717) is 47.6 Å². The number of allylic oxidation sites excluding steroid dienone is 1. The summed E-state index contributed by atoms with van der Waals surface area (Å²) >= 11 is 0.